The van der Waals surface area contributed by atoms with E-state index in [2.05, 4.69) is 28.8 Å². The molecule has 0 radical (unpaired) electrons. The molecule has 27 heavy (non-hydrogen) atoms. The Hall–Kier alpha value is -1.92. The van der Waals surface area contributed by atoms with E-state index in [1.165, 1.54) is 48.8 Å². The van der Waals surface area contributed by atoms with Crippen LogP contribution in [0.15, 0.2) is 18.2 Å². The summed E-state index contributed by atoms with van der Waals surface area (Å²) in [5.41, 5.74) is 5.64. The van der Waals surface area contributed by atoms with Crippen molar-refractivity contribution in [3.63, 3.8) is 0 Å². The van der Waals surface area contributed by atoms with E-state index in [1.54, 1.807) is 11.3 Å². The van der Waals surface area contributed by atoms with Gasteiger partial charge in [0.2, 0.25) is 0 Å². The molecule has 2 aromatic rings. The Bertz CT molecular complexity index is 889. The Balaban J connectivity index is 1.54. The van der Waals surface area contributed by atoms with E-state index in [0.717, 1.165) is 41.9 Å². The van der Waals surface area contributed by atoms with Crippen LogP contribution < -0.4 is 10.6 Å². The van der Waals surface area contributed by atoms with Gasteiger partial charge in [0.15, 0.2) is 5.11 Å². The van der Waals surface area contributed by atoms with Crippen LogP contribution in [0.4, 0.5) is 10.7 Å². The van der Waals surface area contributed by atoms with Crippen molar-refractivity contribution in [2.24, 2.45) is 0 Å². The molecule has 4 rings (SSSR count). The first-order valence-electron chi connectivity index (χ1n) is 9.58. The molecule has 0 aliphatic heterocycles. The number of ether oxygens (including phenoxy) is 1. The predicted octanol–water partition coefficient (Wildman–Crippen LogP) is 5.10. The van der Waals surface area contributed by atoms with Crippen molar-refractivity contribution in [3.8, 4) is 0 Å². The highest BCUT2D eigenvalue weighted by Gasteiger charge is 2.25. The van der Waals surface area contributed by atoms with E-state index in [9.17, 15) is 4.79 Å². The number of carbonyl (C=O) groups excluding carboxylic acids is 1. The monoisotopic (exact) mass is 400 g/mol. The lowest BCUT2D eigenvalue weighted by Gasteiger charge is -2.12. The maximum absolute atomic E-state index is 12.4. The number of aryl methyl sites for hydroxylation is 3. The number of hydrogen-bond acceptors (Lipinski definition) is 4. The summed E-state index contributed by atoms with van der Waals surface area (Å²) >= 11 is 7.17. The van der Waals surface area contributed by atoms with Gasteiger partial charge in [0.1, 0.15) is 5.00 Å². The number of esters is 1. The van der Waals surface area contributed by atoms with E-state index < -0.39 is 0 Å². The molecule has 0 bridgehead atoms. The Morgan fingerprint density at radius 2 is 1.85 bits per heavy atom. The van der Waals surface area contributed by atoms with E-state index in [-0.39, 0.29) is 5.97 Å². The maximum atomic E-state index is 12.4. The number of thiophene rings is 1. The normalized spacial score (nSPS) is 15.4. The van der Waals surface area contributed by atoms with Crippen molar-refractivity contribution >= 4 is 45.3 Å². The first kappa shape index (κ1) is 18.4. The van der Waals surface area contributed by atoms with Crippen LogP contribution in [0.1, 0.15) is 57.6 Å². The maximum Gasteiger partial charge on any atom is 0.341 e. The highest BCUT2D eigenvalue weighted by Crippen LogP contribution is 2.38. The Kier molecular flexibility index (Phi) is 5.45. The van der Waals surface area contributed by atoms with Crippen LogP contribution in [0, 0.1) is 0 Å². The van der Waals surface area contributed by atoms with Crippen molar-refractivity contribution < 1.29 is 9.53 Å². The highest BCUT2D eigenvalue weighted by atomic mass is 32.1. The topological polar surface area (TPSA) is 50.4 Å². The average Bonchev–Trinajstić information content (AvgIpc) is 3.18. The summed E-state index contributed by atoms with van der Waals surface area (Å²) in [7, 11) is 1.44. The third-order valence-corrected chi connectivity index (χ3v) is 6.81. The molecule has 4 nitrogen and oxygen atoms in total. The second kappa shape index (κ2) is 7.98. The van der Waals surface area contributed by atoms with Gasteiger partial charge in [-0.15, -0.1) is 11.3 Å². The summed E-state index contributed by atoms with van der Waals surface area (Å²) in [6, 6.07) is 6.44. The van der Waals surface area contributed by atoms with Gasteiger partial charge in [-0.2, -0.15) is 0 Å². The van der Waals surface area contributed by atoms with Gasteiger partial charge in [-0.05, 0) is 86.0 Å². The highest BCUT2D eigenvalue weighted by molar-refractivity contribution is 7.80. The Morgan fingerprint density at radius 1 is 1.04 bits per heavy atom. The van der Waals surface area contributed by atoms with Crippen LogP contribution in [0.2, 0.25) is 0 Å². The molecule has 0 spiro atoms. The minimum atomic E-state index is -0.280. The molecule has 0 saturated carbocycles. The fraction of sp³-hybridized carbons (Fsp3) is 0.429. The molecule has 0 unspecified atom stereocenters. The summed E-state index contributed by atoms with van der Waals surface area (Å²) in [6.45, 7) is 0. The van der Waals surface area contributed by atoms with Crippen molar-refractivity contribution in [1.82, 2.24) is 0 Å². The van der Waals surface area contributed by atoms with Gasteiger partial charge in [0.25, 0.3) is 0 Å². The molecule has 0 atom stereocenters. The zero-order chi connectivity index (χ0) is 18.8. The lowest BCUT2D eigenvalue weighted by molar-refractivity contribution is 0.0601. The van der Waals surface area contributed by atoms with Crippen LogP contribution >= 0.6 is 23.6 Å². The van der Waals surface area contributed by atoms with Gasteiger partial charge in [-0.3, -0.25) is 0 Å². The van der Waals surface area contributed by atoms with Gasteiger partial charge < -0.3 is 15.4 Å². The molecule has 2 aliphatic carbocycles. The summed E-state index contributed by atoms with van der Waals surface area (Å²) in [5, 5.41) is 7.84. The largest absolute Gasteiger partial charge is 0.465 e. The van der Waals surface area contributed by atoms with Gasteiger partial charge in [-0.25, -0.2) is 4.79 Å². The molecule has 2 aliphatic rings. The molecule has 142 valence electrons. The van der Waals surface area contributed by atoms with Crippen molar-refractivity contribution in [2.75, 3.05) is 17.7 Å². The first-order chi connectivity index (χ1) is 13.2. The molecular formula is C21H24N2O2S2. The van der Waals surface area contributed by atoms with E-state index in [1.807, 2.05) is 0 Å². The smallest absolute Gasteiger partial charge is 0.341 e. The Morgan fingerprint density at radius 3 is 2.70 bits per heavy atom. The number of rotatable bonds is 3. The van der Waals surface area contributed by atoms with Crippen molar-refractivity contribution in [2.45, 2.75) is 51.4 Å². The fourth-order valence-electron chi connectivity index (χ4n) is 4.06. The van der Waals surface area contributed by atoms with Gasteiger partial charge in [0, 0.05) is 10.6 Å². The number of fused-ring (bicyclic) bond motifs is 2. The number of methoxy groups -OCH3 is 1. The molecule has 1 aromatic heterocycles. The summed E-state index contributed by atoms with van der Waals surface area (Å²) in [5.74, 6) is -0.280. The van der Waals surface area contributed by atoms with Crippen LogP contribution in [0.3, 0.4) is 0 Å². The summed E-state index contributed by atoms with van der Waals surface area (Å²) in [4.78, 5) is 13.7. The first-order valence-corrected chi connectivity index (χ1v) is 10.8. The second-order valence-corrected chi connectivity index (χ2v) is 8.69. The van der Waals surface area contributed by atoms with Crippen LogP contribution in [-0.4, -0.2) is 18.2 Å². The quantitative estimate of drug-likeness (QED) is 0.426. The number of thiocarbonyl (C=S) groups is 1. The molecule has 1 aromatic carbocycles. The standard InChI is InChI=1S/C21H24N2O2S2/c1-25-20(24)18-16-8-3-2-4-9-17(16)27-19(18)23-21(26)22-15-11-10-13-6-5-7-14(13)12-15/h10-12H,2-9H2,1H3,(H2,22,23,26). The number of benzene rings is 1. The molecule has 6 heteroatoms. The van der Waals surface area contributed by atoms with Gasteiger partial charge >= 0.3 is 5.97 Å². The zero-order valence-electron chi connectivity index (χ0n) is 15.5. The molecule has 0 fully saturated rings. The molecule has 2 N–H and O–H groups in total. The number of hydrogen-bond donors (Lipinski definition) is 2. The van der Waals surface area contributed by atoms with Crippen molar-refractivity contribution in [3.05, 3.63) is 45.3 Å². The lowest BCUT2D eigenvalue weighted by atomic mass is 10.1. The molecule has 1 heterocycles. The third kappa shape index (κ3) is 3.87. The van der Waals surface area contributed by atoms with Crippen LogP contribution in [0.25, 0.3) is 0 Å². The summed E-state index contributed by atoms with van der Waals surface area (Å²) in [6.07, 6.45) is 8.99. The number of nitrogens with one attached hydrogen (secondary N) is 2. The van der Waals surface area contributed by atoms with Crippen LogP contribution in [0.5, 0.6) is 0 Å². The predicted molar refractivity (Wildman–Crippen MR) is 115 cm³/mol. The minimum Gasteiger partial charge on any atom is -0.465 e. The van der Waals surface area contributed by atoms with Gasteiger partial charge in [-0.1, -0.05) is 12.5 Å². The van der Waals surface area contributed by atoms with Crippen LogP contribution in [-0.2, 0) is 30.4 Å². The number of anilines is 2. The third-order valence-electron chi connectivity index (χ3n) is 5.39. The van der Waals surface area contributed by atoms with E-state index >= 15 is 0 Å². The SMILES string of the molecule is COC(=O)c1c(NC(=S)Nc2ccc3c(c2)CCC3)sc2c1CCCCC2. The lowest BCUT2D eigenvalue weighted by Crippen LogP contribution is -2.20. The fourth-order valence-corrected chi connectivity index (χ4v) is 5.63. The molecule has 0 saturated heterocycles. The molecule has 0 amide bonds. The molecular weight excluding hydrogens is 376 g/mol. The Labute approximate surface area is 169 Å². The van der Waals surface area contributed by atoms with E-state index in [0.29, 0.717) is 10.7 Å². The zero-order valence-corrected chi connectivity index (χ0v) is 17.2. The average molecular weight is 401 g/mol. The summed E-state index contributed by atoms with van der Waals surface area (Å²) < 4.78 is 5.06. The van der Waals surface area contributed by atoms with Gasteiger partial charge in [0.05, 0.1) is 12.7 Å². The van der Waals surface area contributed by atoms with E-state index in [4.69, 9.17) is 17.0 Å². The minimum absolute atomic E-state index is 0.280. The number of carbonyl (C=O) groups is 1. The van der Waals surface area contributed by atoms with Crippen molar-refractivity contribution in [1.29, 1.82) is 0 Å². The second-order valence-electron chi connectivity index (χ2n) is 7.18.